The Morgan fingerprint density at radius 2 is 2.24 bits per heavy atom. The zero-order valence-corrected chi connectivity index (χ0v) is 11.3. The third kappa shape index (κ3) is 5.29. The molecule has 0 fully saturated rings. The van der Waals surface area contributed by atoms with E-state index in [2.05, 4.69) is 5.10 Å². The van der Waals surface area contributed by atoms with Gasteiger partial charge in [-0.2, -0.15) is 5.10 Å². The van der Waals surface area contributed by atoms with Gasteiger partial charge in [0.05, 0.1) is 11.9 Å². The molecule has 0 saturated carbocycles. The van der Waals surface area contributed by atoms with Crippen molar-refractivity contribution >= 4 is 9.84 Å². The minimum atomic E-state index is -2.91. The fourth-order valence-electron chi connectivity index (χ4n) is 1.49. The Bertz CT molecular complexity index is 455. The molecular weight excluding hydrogens is 240 g/mol. The number of nitrogens with zero attached hydrogens (tertiary/aromatic N) is 3. The van der Waals surface area contributed by atoms with Crippen LogP contribution in [-0.4, -0.2) is 55.2 Å². The van der Waals surface area contributed by atoms with E-state index < -0.39 is 9.84 Å². The third-order valence-corrected chi connectivity index (χ3v) is 3.43. The van der Waals surface area contributed by atoms with E-state index in [9.17, 15) is 8.42 Å². The quantitative estimate of drug-likeness (QED) is 0.738. The van der Waals surface area contributed by atoms with Crippen LogP contribution in [0.4, 0.5) is 0 Å². The van der Waals surface area contributed by atoms with E-state index in [4.69, 9.17) is 5.73 Å². The predicted octanol–water partition coefficient (Wildman–Crippen LogP) is -0.604. The van der Waals surface area contributed by atoms with E-state index in [0.717, 1.165) is 5.56 Å². The summed E-state index contributed by atoms with van der Waals surface area (Å²) >= 11 is 0. The van der Waals surface area contributed by atoms with Crippen molar-refractivity contribution in [3.8, 4) is 0 Å². The highest BCUT2D eigenvalue weighted by atomic mass is 32.2. The average Bonchev–Trinajstić information content (AvgIpc) is 2.61. The van der Waals surface area contributed by atoms with Gasteiger partial charge in [0.15, 0.2) is 0 Å². The standard InChI is InChI=1S/C10H20N4O2S/c1-13(4-5-17(3,15)16)8-10(11)9-6-12-14(2)7-9/h6-7,10H,4-5,8,11H2,1-3H3. The lowest BCUT2D eigenvalue weighted by Crippen LogP contribution is -2.32. The predicted molar refractivity (Wildman–Crippen MR) is 67.3 cm³/mol. The zero-order chi connectivity index (χ0) is 13.1. The van der Waals surface area contributed by atoms with Gasteiger partial charge in [-0.1, -0.05) is 0 Å². The Hall–Kier alpha value is -0.920. The first-order valence-electron chi connectivity index (χ1n) is 5.38. The zero-order valence-electron chi connectivity index (χ0n) is 10.5. The van der Waals surface area contributed by atoms with Gasteiger partial charge in [0.2, 0.25) is 0 Å². The lowest BCUT2D eigenvalue weighted by Gasteiger charge is -2.19. The first kappa shape index (κ1) is 14.1. The van der Waals surface area contributed by atoms with Crippen LogP contribution in [0.25, 0.3) is 0 Å². The van der Waals surface area contributed by atoms with Gasteiger partial charge in [0, 0.05) is 44.2 Å². The molecule has 0 radical (unpaired) electrons. The largest absolute Gasteiger partial charge is 0.323 e. The minimum absolute atomic E-state index is 0.145. The summed E-state index contributed by atoms with van der Waals surface area (Å²) in [7, 11) is 0.785. The molecule has 0 aromatic carbocycles. The first-order chi connectivity index (χ1) is 7.78. The van der Waals surface area contributed by atoms with Gasteiger partial charge in [-0.15, -0.1) is 0 Å². The summed E-state index contributed by atoms with van der Waals surface area (Å²) in [6.45, 7) is 1.11. The van der Waals surface area contributed by atoms with Gasteiger partial charge in [0.25, 0.3) is 0 Å². The maximum absolute atomic E-state index is 11.0. The van der Waals surface area contributed by atoms with E-state index in [1.54, 1.807) is 10.9 Å². The van der Waals surface area contributed by atoms with Crippen LogP contribution in [0.15, 0.2) is 12.4 Å². The maximum Gasteiger partial charge on any atom is 0.148 e. The lowest BCUT2D eigenvalue weighted by atomic mass is 10.1. The number of nitrogens with two attached hydrogens (primary N) is 1. The Balaban J connectivity index is 2.43. The summed E-state index contributed by atoms with van der Waals surface area (Å²) in [5, 5.41) is 4.05. The highest BCUT2D eigenvalue weighted by Crippen LogP contribution is 2.09. The van der Waals surface area contributed by atoms with Crippen molar-refractivity contribution in [2.24, 2.45) is 12.8 Å². The monoisotopic (exact) mass is 260 g/mol. The number of hydrogen-bond donors (Lipinski definition) is 1. The van der Waals surface area contributed by atoms with Crippen molar-refractivity contribution in [3.63, 3.8) is 0 Å². The molecule has 7 heteroatoms. The second-order valence-electron chi connectivity index (χ2n) is 4.45. The van der Waals surface area contributed by atoms with Crippen LogP contribution in [0.1, 0.15) is 11.6 Å². The summed E-state index contributed by atoms with van der Waals surface area (Å²) in [5.41, 5.74) is 6.96. The van der Waals surface area contributed by atoms with Crippen LogP contribution in [0.3, 0.4) is 0 Å². The molecule has 2 N–H and O–H groups in total. The van der Waals surface area contributed by atoms with Gasteiger partial charge < -0.3 is 10.6 Å². The van der Waals surface area contributed by atoms with E-state index in [0.29, 0.717) is 13.1 Å². The Morgan fingerprint density at radius 3 is 2.71 bits per heavy atom. The Morgan fingerprint density at radius 1 is 1.59 bits per heavy atom. The highest BCUT2D eigenvalue weighted by Gasteiger charge is 2.12. The van der Waals surface area contributed by atoms with Crippen LogP contribution in [-0.2, 0) is 16.9 Å². The molecule has 0 bridgehead atoms. The Kier molecular flexibility index (Phi) is 4.67. The first-order valence-corrected chi connectivity index (χ1v) is 7.44. The van der Waals surface area contributed by atoms with Crippen molar-refractivity contribution < 1.29 is 8.42 Å². The molecule has 1 rings (SSSR count). The fourth-order valence-corrected chi connectivity index (χ4v) is 2.13. The molecule has 1 unspecified atom stereocenters. The van der Waals surface area contributed by atoms with E-state index in [-0.39, 0.29) is 11.8 Å². The molecule has 6 nitrogen and oxygen atoms in total. The summed E-state index contributed by atoms with van der Waals surface area (Å²) in [6, 6.07) is -0.145. The lowest BCUT2D eigenvalue weighted by molar-refractivity contribution is 0.329. The van der Waals surface area contributed by atoms with E-state index in [1.807, 2.05) is 25.2 Å². The smallest absolute Gasteiger partial charge is 0.148 e. The van der Waals surface area contributed by atoms with Crippen molar-refractivity contribution in [2.75, 3.05) is 32.1 Å². The topological polar surface area (TPSA) is 81.2 Å². The van der Waals surface area contributed by atoms with Gasteiger partial charge in [-0.25, -0.2) is 8.42 Å². The number of sulfone groups is 1. The average molecular weight is 260 g/mol. The molecule has 98 valence electrons. The van der Waals surface area contributed by atoms with Crippen LogP contribution in [0.5, 0.6) is 0 Å². The van der Waals surface area contributed by atoms with Gasteiger partial charge >= 0.3 is 0 Å². The minimum Gasteiger partial charge on any atom is -0.323 e. The number of aryl methyl sites for hydroxylation is 1. The molecule has 1 atom stereocenters. The van der Waals surface area contributed by atoms with Crippen LogP contribution < -0.4 is 5.73 Å². The second-order valence-corrected chi connectivity index (χ2v) is 6.71. The van der Waals surface area contributed by atoms with E-state index >= 15 is 0 Å². The molecule has 1 aromatic rings. The summed E-state index contributed by atoms with van der Waals surface area (Å²) in [6.07, 6.45) is 4.84. The number of hydrogen-bond acceptors (Lipinski definition) is 5. The Labute approximate surface area is 102 Å². The van der Waals surface area contributed by atoms with Crippen molar-refractivity contribution in [3.05, 3.63) is 18.0 Å². The van der Waals surface area contributed by atoms with E-state index in [1.165, 1.54) is 6.26 Å². The number of likely N-dealkylation sites (N-methyl/N-ethyl adjacent to an activating group) is 1. The van der Waals surface area contributed by atoms with Crippen molar-refractivity contribution in [1.29, 1.82) is 0 Å². The molecule has 0 amide bonds. The van der Waals surface area contributed by atoms with Crippen LogP contribution >= 0.6 is 0 Å². The second kappa shape index (κ2) is 5.61. The molecule has 1 aromatic heterocycles. The summed E-state index contributed by atoms with van der Waals surface area (Å²) in [5.74, 6) is 0.156. The van der Waals surface area contributed by atoms with Crippen molar-refractivity contribution in [2.45, 2.75) is 6.04 Å². The number of rotatable bonds is 6. The fraction of sp³-hybridized carbons (Fsp3) is 0.700. The molecule has 0 aliphatic rings. The van der Waals surface area contributed by atoms with Gasteiger partial charge in [-0.05, 0) is 7.05 Å². The third-order valence-electron chi connectivity index (χ3n) is 2.51. The maximum atomic E-state index is 11.0. The summed E-state index contributed by atoms with van der Waals surface area (Å²) in [4.78, 5) is 1.92. The summed E-state index contributed by atoms with van der Waals surface area (Å²) < 4.78 is 23.7. The molecule has 1 heterocycles. The van der Waals surface area contributed by atoms with Crippen LogP contribution in [0, 0.1) is 0 Å². The van der Waals surface area contributed by atoms with Gasteiger partial charge in [0.1, 0.15) is 9.84 Å². The SMILES string of the molecule is CN(CCS(C)(=O)=O)CC(N)c1cnn(C)c1. The normalized spacial score (nSPS) is 14.2. The molecule has 0 saturated heterocycles. The van der Waals surface area contributed by atoms with Crippen LogP contribution in [0.2, 0.25) is 0 Å². The molecular formula is C10H20N4O2S. The van der Waals surface area contributed by atoms with Crippen molar-refractivity contribution in [1.82, 2.24) is 14.7 Å². The molecule has 0 spiro atoms. The molecule has 17 heavy (non-hydrogen) atoms. The highest BCUT2D eigenvalue weighted by molar-refractivity contribution is 7.90. The molecule has 0 aliphatic carbocycles. The van der Waals surface area contributed by atoms with Gasteiger partial charge in [-0.3, -0.25) is 4.68 Å². The number of aromatic nitrogens is 2. The molecule has 0 aliphatic heterocycles.